The van der Waals surface area contributed by atoms with Crippen molar-refractivity contribution in [2.24, 2.45) is 5.92 Å². The maximum atomic E-state index is 12.5. The number of para-hydroxylation sites is 1. The van der Waals surface area contributed by atoms with E-state index in [2.05, 4.69) is 5.32 Å². The van der Waals surface area contributed by atoms with Crippen LogP contribution in [0.2, 0.25) is 0 Å². The van der Waals surface area contributed by atoms with E-state index in [1.54, 1.807) is 12.1 Å². The van der Waals surface area contributed by atoms with Gasteiger partial charge in [-0.1, -0.05) is 12.1 Å². The summed E-state index contributed by atoms with van der Waals surface area (Å²) in [5, 5.41) is 3.34. The summed E-state index contributed by atoms with van der Waals surface area (Å²) in [7, 11) is 0. The Morgan fingerprint density at radius 1 is 1.29 bits per heavy atom. The average molecular weight is 291 g/mol. The van der Waals surface area contributed by atoms with E-state index in [4.69, 9.17) is 9.47 Å². The molecule has 1 aliphatic heterocycles. The van der Waals surface area contributed by atoms with Crippen molar-refractivity contribution in [3.63, 3.8) is 0 Å². The molecule has 4 heteroatoms. The van der Waals surface area contributed by atoms with Crippen molar-refractivity contribution >= 4 is 5.97 Å². The molecule has 1 aliphatic rings. The summed E-state index contributed by atoms with van der Waals surface area (Å²) < 4.78 is 11.3. The number of hydrogen-bond donors (Lipinski definition) is 1. The molecule has 0 amide bonds. The summed E-state index contributed by atoms with van der Waals surface area (Å²) in [6.07, 6.45) is 2.07. The lowest BCUT2D eigenvalue weighted by molar-refractivity contribution is -0.0370. The maximum Gasteiger partial charge on any atom is 0.342 e. The van der Waals surface area contributed by atoms with Gasteiger partial charge in [-0.05, 0) is 58.8 Å². The highest BCUT2D eigenvalue weighted by Gasteiger charge is 2.34. The van der Waals surface area contributed by atoms with E-state index in [1.165, 1.54) is 0 Å². The summed E-state index contributed by atoms with van der Waals surface area (Å²) in [6, 6.07) is 7.25. The van der Waals surface area contributed by atoms with Gasteiger partial charge in [-0.3, -0.25) is 0 Å². The van der Waals surface area contributed by atoms with Gasteiger partial charge in [0.2, 0.25) is 0 Å². The molecule has 1 heterocycles. The first kappa shape index (κ1) is 15.8. The zero-order valence-electron chi connectivity index (χ0n) is 13.1. The Bertz CT molecular complexity index is 479. The SMILES string of the molecule is CCOc1ccccc1C(=O)OC(C)(C)C1CCNCC1. The molecule has 0 saturated carbocycles. The third-order valence-electron chi connectivity index (χ3n) is 4.08. The summed E-state index contributed by atoms with van der Waals surface area (Å²) in [5.74, 6) is 0.677. The van der Waals surface area contributed by atoms with Crippen LogP contribution >= 0.6 is 0 Å². The summed E-state index contributed by atoms with van der Waals surface area (Å²) in [6.45, 7) is 8.42. The molecule has 1 N–H and O–H groups in total. The van der Waals surface area contributed by atoms with Gasteiger partial charge in [-0.2, -0.15) is 0 Å². The van der Waals surface area contributed by atoms with Crippen LogP contribution in [0.5, 0.6) is 5.75 Å². The van der Waals surface area contributed by atoms with Crippen molar-refractivity contribution < 1.29 is 14.3 Å². The van der Waals surface area contributed by atoms with Crippen molar-refractivity contribution in [3.05, 3.63) is 29.8 Å². The Kier molecular flexibility index (Phi) is 5.23. The van der Waals surface area contributed by atoms with Crippen molar-refractivity contribution in [3.8, 4) is 5.75 Å². The first-order chi connectivity index (χ1) is 10.0. The molecule has 1 aromatic rings. The molecular weight excluding hydrogens is 266 g/mol. The van der Waals surface area contributed by atoms with E-state index in [-0.39, 0.29) is 5.97 Å². The second-order valence-corrected chi connectivity index (χ2v) is 5.95. The Hall–Kier alpha value is -1.55. The van der Waals surface area contributed by atoms with E-state index >= 15 is 0 Å². The molecule has 0 spiro atoms. The fourth-order valence-electron chi connectivity index (χ4n) is 2.81. The average Bonchev–Trinajstić information content (AvgIpc) is 2.48. The molecule has 0 radical (unpaired) electrons. The van der Waals surface area contributed by atoms with Crippen LogP contribution in [-0.4, -0.2) is 31.3 Å². The summed E-state index contributed by atoms with van der Waals surface area (Å²) >= 11 is 0. The van der Waals surface area contributed by atoms with E-state index in [0.29, 0.717) is 23.8 Å². The Labute approximate surface area is 126 Å². The van der Waals surface area contributed by atoms with Crippen LogP contribution in [0.25, 0.3) is 0 Å². The van der Waals surface area contributed by atoms with Crippen LogP contribution in [0.1, 0.15) is 44.0 Å². The summed E-state index contributed by atoms with van der Waals surface area (Å²) in [5.41, 5.74) is 0.0414. The third-order valence-corrected chi connectivity index (χ3v) is 4.08. The minimum Gasteiger partial charge on any atom is -0.493 e. The highest BCUT2D eigenvalue weighted by atomic mass is 16.6. The molecule has 2 rings (SSSR count). The second kappa shape index (κ2) is 6.94. The van der Waals surface area contributed by atoms with Crippen molar-refractivity contribution in [1.29, 1.82) is 0 Å². The van der Waals surface area contributed by atoms with Gasteiger partial charge in [0.25, 0.3) is 0 Å². The minimum absolute atomic E-state index is 0.303. The summed E-state index contributed by atoms with van der Waals surface area (Å²) in [4.78, 5) is 12.5. The van der Waals surface area contributed by atoms with Crippen LogP contribution in [0, 0.1) is 5.92 Å². The number of carbonyl (C=O) groups is 1. The highest BCUT2D eigenvalue weighted by molar-refractivity contribution is 5.92. The van der Waals surface area contributed by atoms with E-state index in [1.807, 2.05) is 32.9 Å². The third kappa shape index (κ3) is 3.97. The number of hydrogen-bond acceptors (Lipinski definition) is 4. The van der Waals surface area contributed by atoms with Gasteiger partial charge >= 0.3 is 5.97 Å². The Morgan fingerprint density at radius 3 is 2.62 bits per heavy atom. The zero-order chi connectivity index (χ0) is 15.3. The van der Waals surface area contributed by atoms with E-state index in [9.17, 15) is 4.79 Å². The Morgan fingerprint density at radius 2 is 1.95 bits per heavy atom. The van der Waals surface area contributed by atoms with Gasteiger partial charge in [0.15, 0.2) is 0 Å². The smallest absolute Gasteiger partial charge is 0.342 e. The maximum absolute atomic E-state index is 12.5. The molecular formula is C17H25NO3. The normalized spacial score (nSPS) is 16.5. The predicted molar refractivity (Wildman–Crippen MR) is 82.7 cm³/mol. The van der Waals surface area contributed by atoms with Crippen LogP contribution in [-0.2, 0) is 4.74 Å². The topological polar surface area (TPSA) is 47.6 Å². The van der Waals surface area contributed by atoms with E-state index in [0.717, 1.165) is 25.9 Å². The highest BCUT2D eigenvalue weighted by Crippen LogP contribution is 2.31. The number of ether oxygens (including phenoxy) is 2. The van der Waals surface area contributed by atoms with Crippen LogP contribution in [0.3, 0.4) is 0 Å². The first-order valence-corrected chi connectivity index (χ1v) is 7.70. The minimum atomic E-state index is -0.460. The zero-order valence-corrected chi connectivity index (χ0v) is 13.1. The molecule has 1 aromatic carbocycles. The number of piperidine rings is 1. The second-order valence-electron chi connectivity index (χ2n) is 5.95. The van der Waals surface area contributed by atoms with Crippen molar-refractivity contribution in [2.45, 2.75) is 39.2 Å². The molecule has 116 valence electrons. The van der Waals surface area contributed by atoms with Gasteiger partial charge in [0.1, 0.15) is 16.9 Å². The molecule has 0 aromatic heterocycles. The van der Waals surface area contributed by atoms with Crippen LogP contribution < -0.4 is 10.1 Å². The lowest BCUT2D eigenvalue weighted by atomic mass is 9.83. The van der Waals surface area contributed by atoms with Gasteiger partial charge in [-0.15, -0.1) is 0 Å². The fraction of sp³-hybridized carbons (Fsp3) is 0.588. The molecule has 4 nitrogen and oxygen atoms in total. The van der Waals surface area contributed by atoms with Gasteiger partial charge in [-0.25, -0.2) is 4.79 Å². The molecule has 1 fully saturated rings. The molecule has 1 saturated heterocycles. The van der Waals surface area contributed by atoms with Crippen molar-refractivity contribution in [2.75, 3.05) is 19.7 Å². The largest absolute Gasteiger partial charge is 0.493 e. The lowest BCUT2D eigenvalue weighted by Gasteiger charge is -2.36. The first-order valence-electron chi connectivity index (χ1n) is 7.70. The van der Waals surface area contributed by atoms with Gasteiger partial charge in [0, 0.05) is 5.92 Å². The number of benzene rings is 1. The lowest BCUT2D eigenvalue weighted by Crippen LogP contribution is -2.42. The Balaban J connectivity index is 2.09. The quantitative estimate of drug-likeness (QED) is 0.847. The molecule has 0 unspecified atom stereocenters. The van der Waals surface area contributed by atoms with Crippen LogP contribution in [0.4, 0.5) is 0 Å². The monoisotopic (exact) mass is 291 g/mol. The molecule has 0 aliphatic carbocycles. The number of carbonyl (C=O) groups excluding carboxylic acids is 1. The van der Waals surface area contributed by atoms with Crippen molar-refractivity contribution in [1.82, 2.24) is 5.32 Å². The molecule has 0 atom stereocenters. The van der Waals surface area contributed by atoms with Gasteiger partial charge < -0.3 is 14.8 Å². The molecule has 0 bridgehead atoms. The standard InChI is InChI=1S/C17H25NO3/c1-4-20-15-8-6-5-7-14(15)16(19)21-17(2,3)13-9-11-18-12-10-13/h5-8,13,18H,4,9-12H2,1-3H3. The molecule has 21 heavy (non-hydrogen) atoms. The predicted octanol–water partition coefficient (Wildman–Crippen LogP) is 3.02. The number of esters is 1. The van der Waals surface area contributed by atoms with Gasteiger partial charge in [0.05, 0.1) is 6.61 Å². The number of nitrogens with one attached hydrogen (secondary N) is 1. The number of rotatable bonds is 5. The van der Waals surface area contributed by atoms with Crippen LogP contribution in [0.15, 0.2) is 24.3 Å². The fourth-order valence-corrected chi connectivity index (χ4v) is 2.81. The van der Waals surface area contributed by atoms with E-state index < -0.39 is 5.60 Å².